The molecule has 0 N–H and O–H groups in total. The summed E-state index contributed by atoms with van der Waals surface area (Å²) in [5.74, 6) is -2.05. The summed E-state index contributed by atoms with van der Waals surface area (Å²) in [7, 11) is 2.50. The molecule has 0 saturated heterocycles. The lowest BCUT2D eigenvalue weighted by atomic mass is 10.0. The van der Waals surface area contributed by atoms with E-state index >= 15 is 0 Å². The molecule has 0 aliphatic carbocycles. The van der Waals surface area contributed by atoms with Crippen molar-refractivity contribution in [3.05, 3.63) is 71.0 Å². The summed E-state index contributed by atoms with van der Waals surface area (Å²) in [5, 5.41) is 4.15. The third-order valence-corrected chi connectivity index (χ3v) is 4.61. The summed E-state index contributed by atoms with van der Waals surface area (Å²) in [6.07, 6.45) is -4.14. The zero-order valence-corrected chi connectivity index (χ0v) is 17.2. The van der Waals surface area contributed by atoms with Crippen LogP contribution in [0.5, 0.6) is 0 Å². The molecule has 162 valence electrons. The number of hydrogen-bond acceptors (Lipinski definition) is 4. The standard InChI is InChI=1S/C21H17ClF3N3O3/c1-27-11-16(21(23,24)25)19(26-27)20(30)28(18(29)12-31-2)17-6-4-3-5-15(17)13-7-9-14(22)10-8-13/h3-11H,12H2,1-2H3. The zero-order valence-electron chi connectivity index (χ0n) is 16.5. The topological polar surface area (TPSA) is 64.4 Å². The molecule has 0 radical (unpaired) electrons. The quantitative estimate of drug-likeness (QED) is 0.569. The Morgan fingerprint density at radius 2 is 1.77 bits per heavy atom. The van der Waals surface area contributed by atoms with E-state index < -0.39 is 35.9 Å². The number of para-hydroxylation sites is 1. The second-order valence-electron chi connectivity index (χ2n) is 6.55. The van der Waals surface area contributed by atoms with Gasteiger partial charge in [-0.15, -0.1) is 0 Å². The largest absolute Gasteiger partial charge is 0.420 e. The lowest BCUT2D eigenvalue weighted by Gasteiger charge is -2.23. The first-order valence-electron chi connectivity index (χ1n) is 8.95. The lowest BCUT2D eigenvalue weighted by Crippen LogP contribution is -2.40. The number of ether oxygens (including phenoxy) is 1. The fourth-order valence-electron chi connectivity index (χ4n) is 3.05. The van der Waals surface area contributed by atoms with Crippen molar-refractivity contribution in [2.45, 2.75) is 6.18 Å². The van der Waals surface area contributed by atoms with E-state index in [0.717, 1.165) is 4.68 Å². The summed E-state index contributed by atoms with van der Waals surface area (Å²) in [6, 6.07) is 12.9. The van der Waals surface area contributed by atoms with Gasteiger partial charge < -0.3 is 4.74 Å². The van der Waals surface area contributed by atoms with Crippen LogP contribution in [0, 0.1) is 0 Å². The average molecular weight is 452 g/mol. The van der Waals surface area contributed by atoms with Crippen LogP contribution in [0.25, 0.3) is 11.1 Å². The van der Waals surface area contributed by atoms with Gasteiger partial charge in [-0.25, -0.2) is 4.90 Å². The molecule has 3 aromatic rings. The number of anilines is 1. The van der Waals surface area contributed by atoms with Gasteiger partial charge in [0.15, 0.2) is 5.69 Å². The number of imide groups is 1. The predicted molar refractivity (Wildman–Crippen MR) is 109 cm³/mol. The van der Waals surface area contributed by atoms with Crippen LogP contribution >= 0.6 is 11.6 Å². The first-order chi connectivity index (χ1) is 14.6. The van der Waals surface area contributed by atoms with Gasteiger partial charge in [0.2, 0.25) is 0 Å². The fraction of sp³-hybridized carbons (Fsp3) is 0.190. The minimum Gasteiger partial charge on any atom is -0.375 e. The Bertz CT molecular complexity index is 1110. The van der Waals surface area contributed by atoms with Gasteiger partial charge in [0.1, 0.15) is 12.2 Å². The number of benzene rings is 2. The third kappa shape index (κ3) is 4.78. The maximum atomic E-state index is 13.5. The molecule has 0 bridgehead atoms. The molecule has 0 unspecified atom stereocenters. The van der Waals surface area contributed by atoms with E-state index in [-0.39, 0.29) is 5.69 Å². The summed E-state index contributed by atoms with van der Waals surface area (Å²) < 4.78 is 46.1. The van der Waals surface area contributed by atoms with Gasteiger partial charge in [0.25, 0.3) is 11.8 Å². The number of hydrogen-bond donors (Lipinski definition) is 0. The monoisotopic (exact) mass is 451 g/mol. The van der Waals surface area contributed by atoms with Crippen molar-refractivity contribution in [1.29, 1.82) is 0 Å². The maximum absolute atomic E-state index is 13.5. The molecule has 3 rings (SSSR count). The average Bonchev–Trinajstić information content (AvgIpc) is 3.12. The highest BCUT2D eigenvalue weighted by molar-refractivity contribution is 6.30. The molecule has 10 heteroatoms. The first-order valence-corrected chi connectivity index (χ1v) is 9.33. The van der Waals surface area contributed by atoms with Crippen LogP contribution in [0.15, 0.2) is 54.7 Å². The highest BCUT2D eigenvalue weighted by atomic mass is 35.5. The van der Waals surface area contributed by atoms with E-state index in [4.69, 9.17) is 16.3 Å². The molecule has 6 nitrogen and oxygen atoms in total. The van der Waals surface area contributed by atoms with Crippen molar-refractivity contribution in [2.24, 2.45) is 7.05 Å². The molecular weight excluding hydrogens is 435 g/mol. The molecule has 2 amide bonds. The van der Waals surface area contributed by atoms with Crippen LogP contribution in [0.3, 0.4) is 0 Å². The van der Waals surface area contributed by atoms with Crippen LogP contribution in [-0.4, -0.2) is 35.3 Å². The molecule has 0 spiro atoms. The molecule has 0 atom stereocenters. The SMILES string of the molecule is COCC(=O)N(C(=O)c1nn(C)cc1C(F)(F)F)c1ccccc1-c1ccc(Cl)cc1. The number of methoxy groups -OCH3 is 1. The van der Waals surface area contributed by atoms with E-state index in [2.05, 4.69) is 5.10 Å². The van der Waals surface area contributed by atoms with Crippen LogP contribution < -0.4 is 4.90 Å². The van der Waals surface area contributed by atoms with E-state index in [9.17, 15) is 22.8 Å². The van der Waals surface area contributed by atoms with Crippen molar-refractivity contribution in [2.75, 3.05) is 18.6 Å². The molecular formula is C21H17ClF3N3O3. The van der Waals surface area contributed by atoms with Crippen LogP contribution in [0.4, 0.5) is 18.9 Å². The van der Waals surface area contributed by atoms with Gasteiger partial charge in [0, 0.05) is 30.9 Å². The normalized spacial score (nSPS) is 11.4. The van der Waals surface area contributed by atoms with E-state index in [1.54, 1.807) is 42.5 Å². The van der Waals surface area contributed by atoms with Gasteiger partial charge in [0.05, 0.1) is 5.69 Å². The Morgan fingerprint density at radius 1 is 1.13 bits per heavy atom. The molecule has 1 aromatic heterocycles. The minimum absolute atomic E-state index is 0.0932. The highest BCUT2D eigenvalue weighted by Crippen LogP contribution is 2.35. The van der Waals surface area contributed by atoms with E-state index in [1.165, 1.54) is 20.2 Å². The number of carbonyl (C=O) groups excluding carboxylic acids is 2. The molecule has 0 saturated carbocycles. The first kappa shape index (κ1) is 22.5. The van der Waals surface area contributed by atoms with Gasteiger partial charge in [-0.3, -0.25) is 14.3 Å². The van der Waals surface area contributed by atoms with Crippen molar-refractivity contribution in [3.63, 3.8) is 0 Å². The zero-order chi connectivity index (χ0) is 22.8. The number of alkyl halides is 3. The summed E-state index contributed by atoms with van der Waals surface area (Å²) in [6.45, 7) is -0.519. The van der Waals surface area contributed by atoms with Gasteiger partial charge in [-0.05, 0) is 23.8 Å². The number of carbonyl (C=O) groups is 2. The number of nitrogens with zero attached hydrogens (tertiary/aromatic N) is 3. The van der Waals surface area contributed by atoms with Crippen LogP contribution in [-0.2, 0) is 22.8 Å². The third-order valence-electron chi connectivity index (χ3n) is 4.36. The molecule has 0 fully saturated rings. The number of aromatic nitrogens is 2. The fourth-order valence-corrected chi connectivity index (χ4v) is 3.17. The predicted octanol–water partition coefficient (Wildman–Crippen LogP) is 4.58. The minimum atomic E-state index is -4.83. The Labute approximate surface area is 180 Å². The van der Waals surface area contributed by atoms with Crippen molar-refractivity contribution in [1.82, 2.24) is 9.78 Å². The van der Waals surface area contributed by atoms with Crippen molar-refractivity contribution in [3.8, 4) is 11.1 Å². The summed E-state index contributed by atoms with van der Waals surface area (Å²) in [5.41, 5.74) is -0.971. The van der Waals surface area contributed by atoms with Gasteiger partial charge >= 0.3 is 6.18 Å². The van der Waals surface area contributed by atoms with Crippen LogP contribution in [0.1, 0.15) is 16.1 Å². The highest BCUT2D eigenvalue weighted by Gasteiger charge is 2.40. The number of aryl methyl sites for hydroxylation is 1. The second kappa shape index (κ2) is 8.91. The smallest absolute Gasteiger partial charge is 0.375 e. The van der Waals surface area contributed by atoms with E-state index in [0.29, 0.717) is 27.2 Å². The lowest BCUT2D eigenvalue weighted by molar-refractivity contribution is -0.138. The number of halogens is 4. The summed E-state index contributed by atoms with van der Waals surface area (Å²) in [4.78, 5) is 26.7. The van der Waals surface area contributed by atoms with Gasteiger partial charge in [-0.2, -0.15) is 18.3 Å². The Kier molecular flexibility index (Phi) is 6.47. The molecule has 1 heterocycles. The Balaban J connectivity index is 2.18. The van der Waals surface area contributed by atoms with E-state index in [1.807, 2.05) is 0 Å². The summed E-state index contributed by atoms with van der Waals surface area (Å²) >= 11 is 5.93. The number of rotatable bonds is 5. The molecule has 0 aliphatic rings. The molecule has 31 heavy (non-hydrogen) atoms. The van der Waals surface area contributed by atoms with Gasteiger partial charge in [-0.1, -0.05) is 41.9 Å². The molecule has 2 aromatic carbocycles. The second-order valence-corrected chi connectivity index (χ2v) is 6.99. The van der Waals surface area contributed by atoms with Crippen LogP contribution in [0.2, 0.25) is 5.02 Å². The van der Waals surface area contributed by atoms with Crippen molar-refractivity contribution < 1.29 is 27.5 Å². The van der Waals surface area contributed by atoms with Crippen molar-refractivity contribution >= 4 is 29.1 Å². The maximum Gasteiger partial charge on any atom is 0.420 e. The Morgan fingerprint density at radius 3 is 2.39 bits per heavy atom. The number of amides is 2. The molecule has 0 aliphatic heterocycles. The Hall–Kier alpha value is -3.17.